The molecule has 0 atom stereocenters. The van der Waals surface area contributed by atoms with Crippen molar-refractivity contribution < 1.29 is 17.2 Å². The minimum absolute atomic E-state index is 0.136. The molecule has 0 unspecified atom stereocenters. The van der Waals surface area contributed by atoms with Crippen molar-refractivity contribution in [2.45, 2.75) is 24.8 Å². The minimum atomic E-state index is -4.03. The molecule has 0 aliphatic heterocycles. The molecule has 0 amide bonds. The van der Waals surface area contributed by atoms with Crippen molar-refractivity contribution in [1.82, 2.24) is 14.8 Å². The van der Waals surface area contributed by atoms with E-state index in [4.69, 9.17) is 0 Å². The molecule has 132 valence electrons. The van der Waals surface area contributed by atoms with E-state index in [1.54, 1.807) is 6.20 Å². The standard InChI is InChI=1S/C15H14F2N4O2S2/c1-10-13(9-19-21(10)14(16)17)25(22,23)20-15-18-8-12(24-15)7-11-5-3-2-4-6-11/h2-6,8-9,14H,7H2,1H3,(H,18,20). The third-order valence-corrected chi connectivity index (χ3v) is 5.95. The second-order valence-electron chi connectivity index (χ2n) is 5.22. The number of thiazole rings is 1. The molecule has 0 saturated carbocycles. The van der Waals surface area contributed by atoms with Gasteiger partial charge in [0.15, 0.2) is 5.13 Å². The van der Waals surface area contributed by atoms with E-state index in [1.807, 2.05) is 30.3 Å². The van der Waals surface area contributed by atoms with Gasteiger partial charge in [-0.2, -0.15) is 13.9 Å². The summed E-state index contributed by atoms with van der Waals surface area (Å²) in [5, 5.41) is 3.59. The molecule has 3 aromatic rings. The van der Waals surface area contributed by atoms with Crippen molar-refractivity contribution in [3.05, 3.63) is 58.9 Å². The van der Waals surface area contributed by atoms with Gasteiger partial charge < -0.3 is 0 Å². The molecule has 10 heteroatoms. The lowest BCUT2D eigenvalue weighted by atomic mass is 10.1. The molecule has 25 heavy (non-hydrogen) atoms. The van der Waals surface area contributed by atoms with E-state index in [2.05, 4.69) is 14.8 Å². The average Bonchev–Trinajstić information content (AvgIpc) is 3.14. The molecule has 0 saturated heterocycles. The molecule has 1 N–H and O–H groups in total. The number of halogens is 2. The van der Waals surface area contributed by atoms with Gasteiger partial charge in [0.25, 0.3) is 10.0 Å². The van der Waals surface area contributed by atoms with Gasteiger partial charge in [0.1, 0.15) is 4.90 Å². The molecule has 6 nitrogen and oxygen atoms in total. The van der Waals surface area contributed by atoms with Crippen molar-refractivity contribution in [2.75, 3.05) is 4.72 Å². The Kier molecular flexibility index (Phi) is 4.82. The topological polar surface area (TPSA) is 76.9 Å². The second-order valence-corrected chi connectivity index (χ2v) is 7.98. The number of nitrogens with zero attached hydrogens (tertiary/aromatic N) is 3. The Morgan fingerprint density at radius 3 is 2.60 bits per heavy atom. The largest absolute Gasteiger partial charge is 0.333 e. The fourth-order valence-corrected chi connectivity index (χ4v) is 4.53. The second kappa shape index (κ2) is 6.89. The lowest BCUT2D eigenvalue weighted by Gasteiger charge is -2.05. The number of aromatic nitrogens is 3. The number of hydrogen-bond acceptors (Lipinski definition) is 5. The van der Waals surface area contributed by atoms with E-state index >= 15 is 0 Å². The first-order valence-corrected chi connectivity index (χ1v) is 9.50. The molecule has 0 radical (unpaired) electrons. The molecule has 0 bridgehead atoms. The highest BCUT2D eigenvalue weighted by Gasteiger charge is 2.24. The van der Waals surface area contributed by atoms with E-state index in [-0.39, 0.29) is 15.7 Å². The Morgan fingerprint density at radius 2 is 1.96 bits per heavy atom. The molecular weight excluding hydrogens is 370 g/mol. The summed E-state index contributed by atoms with van der Waals surface area (Å²) in [7, 11) is -4.03. The Labute approximate surface area is 147 Å². The maximum atomic E-state index is 12.7. The first-order chi connectivity index (χ1) is 11.9. The van der Waals surface area contributed by atoms with Gasteiger partial charge >= 0.3 is 6.55 Å². The quantitative estimate of drug-likeness (QED) is 0.706. The van der Waals surface area contributed by atoms with Crippen molar-refractivity contribution in [2.24, 2.45) is 0 Å². The van der Waals surface area contributed by atoms with Gasteiger partial charge in [0, 0.05) is 17.5 Å². The number of benzene rings is 1. The zero-order valence-corrected chi connectivity index (χ0v) is 14.7. The number of nitrogens with one attached hydrogen (secondary N) is 1. The van der Waals surface area contributed by atoms with E-state index < -0.39 is 16.6 Å². The molecule has 0 aliphatic rings. The van der Waals surface area contributed by atoms with Gasteiger partial charge in [0.05, 0.1) is 11.9 Å². The molecule has 2 heterocycles. The van der Waals surface area contributed by atoms with E-state index in [1.165, 1.54) is 18.3 Å². The van der Waals surface area contributed by atoms with E-state index in [0.717, 1.165) is 16.6 Å². The minimum Gasteiger partial charge on any atom is -0.255 e. The van der Waals surface area contributed by atoms with Crippen molar-refractivity contribution in [3.63, 3.8) is 0 Å². The van der Waals surface area contributed by atoms with Crippen molar-refractivity contribution >= 4 is 26.5 Å². The maximum Gasteiger partial charge on any atom is 0.333 e. The Hall–Kier alpha value is -2.33. The molecule has 2 aromatic heterocycles. The van der Waals surface area contributed by atoms with Crippen molar-refractivity contribution in [3.8, 4) is 0 Å². The third kappa shape index (κ3) is 3.85. The third-order valence-electron chi connectivity index (χ3n) is 3.47. The summed E-state index contributed by atoms with van der Waals surface area (Å²) in [6, 6.07) is 9.68. The average molecular weight is 384 g/mol. The number of hydrogen-bond donors (Lipinski definition) is 1. The fourth-order valence-electron chi connectivity index (χ4n) is 2.27. The normalized spacial score (nSPS) is 11.8. The summed E-state index contributed by atoms with van der Waals surface area (Å²) in [5.74, 6) is 0. The van der Waals surface area contributed by atoms with Gasteiger partial charge in [-0.15, -0.1) is 11.3 Å². The lowest BCUT2D eigenvalue weighted by molar-refractivity contribution is 0.0541. The highest BCUT2D eigenvalue weighted by molar-refractivity contribution is 7.93. The zero-order chi connectivity index (χ0) is 18.0. The van der Waals surface area contributed by atoms with Crippen LogP contribution in [0.2, 0.25) is 0 Å². The Morgan fingerprint density at radius 1 is 1.24 bits per heavy atom. The highest BCUT2D eigenvalue weighted by atomic mass is 32.2. The Bertz CT molecular complexity index is 969. The number of anilines is 1. The van der Waals surface area contributed by atoms with E-state index in [0.29, 0.717) is 11.1 Å². The monoisotopic (exact) mass is 384 g/mol. The lowest BCUT2D eigenvalue weighted by Crippen LogP contribution is -2.14. The SMILES string of the molecule is Cc1c(S(=O)(=O)Nc2ncc(Cc3ccccc3)s2)cnn1C(F)F. The fraction of sp³-hybridized carbons (Fsp3) is 0.200. The van der Waals surface area contributed by atoms with Crippen LogP contribution in [-0.2, 0) is 16.4 Å². The molecule has 3 rings (SSSR count). The molecule has 0 spiro atoms. The van der Waals surface area contributed by atoms with Crippen LogP contribution in [0, 0.1) is 6.92 Å². The summed E-state index contributed by atoms with van der Waals surface area (Å²) >= 11 is 1.19. The molecule has 1 aromatic carbocycles. The van der Waals surface area contributed by atoms with Crippen LogP contribution < -0.4 is 4.72 Å². The van der Waals surface area contributed by atoms with Crippen LogP contribution in [0.1, 0.15) is 22.7 Å². The van der Waals surface area contributed by atoms with Gasteiger partial charge in [-0.3, -0.25) is 4.72 Å². The molecule has 0 aliphatic carbocycles. The molecular formula is C15H14F2N4O2S2. The summed E-state index contributed by atoms with van der Waals surface area (Å²) in [6.07, 6.45) is 3.12. The van der Waals surface area contributed by atoms with Crippen LogP contribution in [-0.4, -0.2) is 23.2 Å². The van der Waals surface area contributed by atoms with Crippen LogP contribution in [0.15, 0.2) is 47.6 Å². The van der Waals surface area contributed by atoms with Crippen LogP contribution in [0.5, 0.6) is 0 Å². The predicted molar refractivity (Wildman–Crippen MR) is 90.4 cm³/mol. The summed E-state index contributed by atoms with van der Waals surface area (Å²) in [6.45, 7) is -1.63. The number of alkyl halides is 2. The Balaban J connectivity index is 1.78. The van der Waals surface area contributed by atoms with Crippen molar-refractivity contribution in [1.29, 1.82) is 0 Å². The van der Waals surface area contributed by atoms with Gasteiger partial charge in [-0.05, 0) is 12.5 Å². The summed E-state index contributed by atoms with van der Waals surface area (Å²) in [5.41, 5.74) is 0.943. The van der Waals surface area contributed by atoms with Crippen LogP contribution >= 0.6 is 11.3 Å². The maximum absolute atomic E-state index is 12.7. The van der Waals surface area contributed by atoms with E-state index in [9.17, 15) is 17.2 Å². The van der Waals surface area contributed by atoms with Crippen LogP contribution in [0.25, 0.3) is 0 Å². The number of rotatable bonds is 6. The van der Waals surface area contributed by atoms with Gasteiger partial charge in [-0.1, -0.05) is 30.3 Å². The summed E-state index contributed by atoms with van der Waals surface area (Å²) < 4.78 is 52.9. The first-order valence-electron chi connectivity index (χ1n) is 7.20. The smallest absolute Gasteiger partial charge is 0.255 e. The van der Waals surface area contributed by atoms with Crippen LogP contribution in [0.3, 0.4) is 0 Å². The van der Waals surface area contributed by atoms with Crippen LogP contribution in [0.4, 0.5) is 13.9 Å². The van der Waals surface area contributed by atoms with Gasteiger partial charge in [-0.25, -0.2) is 18.1 Å². The molecule has 0 fully saturated rings. The summed E-state index contributed by atoms with van der Waals surface area (Å²) in [4.78, 5) is 4.63. The predicted octanol–water partition coefficient (Wildman–Crippen LogP) is 3.43. The highest BCUT2D eigenvalue weighted by Crippen LogP contribution is 2.26. The zero-order valence-electron chi connectivity index (χ0n) is 13.1. The number of sulfonamides is 1. The first kappa shape index (κ1) is 17.5. The van der Waals surface area contributed by atoms with Gasteiger partial charge in [0.2, 0.25) is 0 Å².